The standard InChI is InChI=1S/C39H42Cl2N4O6/c1-39(22-46)20-45(21-39)17-23-10-12-32(42-35(23)49-2)30-9-5-8-29(34(30)41)26-6-4-7-28-27(26)11-13-33(28)51-37-31(40)16-25(36(43-37)50-3)19-44-15-14-24(18-44)38(47)48/h4-10,12,16,24,33,46H,11,13-15,17-22H2,1-3H3,(H,47,48)/t24-,33-/m0/s1. The first-order valence-electron chi connectivity index (χ1n) is 17.2. The molecule has 2 fully saturated rings. The number of aromatic nitrogens is 2. The molecule has 10 nitrogen and oxygen atoms in total. The second-order valence-electron chi connectivity index (χ2n) is 14.2. The van der Waals surface area contributed by atoms with E-state index in [1.54, 1.807) is 14.2 Å². The van der Waals surface area contributed by atoms with Crippen LogP contribution in [0.2, 0.25) is 10.0 Å². The average Bonchev–Trinajstić information content (AvgIpc) is 3.76. The van der Waals surface area contributed by atoms with Crippen LogP contribution in [0.4, 0.5) is 0 Å². The first-order valence-corrected chi connectivity index (χ1v) is 18.0. The van der Waals surface area contributed by atoms with Gasteiger partial charge in [-0.15, -0.1) is 0 Å². The number of rotatable bonds is 12. The number of pyridine rings is 2. The van der Waals surface area contributed by atoms with Crippen molar-refractivity contribution >= 4 is 29.2 Å². The van der Waals surface area contributed by atoms with E-state index < -0.39 is 5.97 Å². The van der Waals surface area contributed by atoms with Gasteiger partial charge in [0.25, 0.3) is 0 Å². The van der Waals surface area contributed by atoms with Crippen LogP contribution >= 0.6 is 23.2 Å². The minimum atomic E-state index is -0.770. The van der Waals surface area contributed by atoms with Crippen LogP contribution in [-0.4, -0.2) is 83.0 Å². The number of aliphatic hydroxyl groups excluding tert-OH is 1. The molecular formula is C39H42Cl2N4O6. The van der Waals surface area contributed by atoms with E-state index in [1.807, 2.05) is 42.5 Å². The minimum Gasteiger partial charge on any atom is -0.481 e. The van der Waals surface area contributed by atoms with E-state index in [9.17, 15) is 15.0 Å². The highest BCUT2D eigenvalue weighted by molar-refractivity contribution is 6.36. The predicted molar refractivity (Wildman–Crippen MR) is 196 cm³/mol. The molecule has 2 N–H and O–H groups in total. The van der Waals surface area contributed by atoms with Crippen LogP contribution in [-0.2, 0) is 24.3 Å². The summed E-state index contributed by atoms with van der Waals surface area (Å²) in [4.78, 5) is 25.3. The van der Waals surface area contributed by atoms with Gasteiger partial charge in [-0.05, 0) is 54.6 Å². The number of aliphatic hydroxyl groups is 1. The molecule has 2 aromatic carbocycles. The van der Waals surface area contributed by atoms with Crippen molar-refractivity contribution in [2.75, 3.05) is 47.0 Å². The van der Waals surface area contributed by atoms with E-state index in [0.29, 0.717) is 60.3 Å². The second-order valence-corrected chi connectivity index (χ2v) is 15.0. The highest BCUT2D eigenvalue weighted by Crippen LogP contribution is 2.45. The lowest BCUT2D eigenvalue weighted by atomic mass is 9.83. The summed E-state index contributed by atoms with van der Waals surface area (Å²) in [7, 11) is 3.19. The van der Waals surface area contributed by atoms with Gasteiger partial charge in [0.1, 0.15) is 11.1 Å². The maximum absolute atomic E-state index is 11.4. The Balaban J connectivity index is 1.10. The molecule has 0 unspecified atom stereocenters. The van der Waals surface area contributed by atoms with Gasteiger partial charge < -0.3 is 24.4 Å². The number of carbonyl (C=O) groups is 1. The number of hydrogen-bond donors (Lipinski definition) is 2. The molecule has 2 saturated heterocycles. The van der Waals surface area contributed by atoms with Crippen molar-refractivity contribution in [1.29, 1.82) is 0 Å². The molecular weight excluding hydrogens is 691 g/mol. The van der Waals surface area contributed by atoms with Gasteiger partial charge >= 0.3 is 5.97 Å². The summed E-state index contributed by atoms with van der Waals surface area (Å²) in [5, 5.41) is 20.0. The summed E-state index contributed by atoms with van der Waals surface area (Å²) < 4.78 is 17.8. The van der Waals surface area contributed by atoms with E-state index in [4.69, 9.17) is 42.4 Å². The summed E-state index contributed by atoms with van der Waals surface area (Å²) in [5.74, 6) is 0.128. The lowest BCUT2D eigenvalue weighted by Crippen LogP contribution is -2.55. The zero-order valence-corrected chi connectivity index (χ0v) is 30.5. The number of fused-ring (bicyclic) bond motifs is 1. The third-order valence-electron chi connectivity index (χ3n) is 10.3. The number of methoxy groups -OCH3 is 2. The summed E-state index contributed by atoms with van der Waals surface area (Å²) in [6.07, 6.45) is 1.88. The van der Waals surface area contributed by atoms with Crippen molar-refractivity contribution in [3.05, 3.63) is 86.9 Å². The smallest absolute Gasteiger partial charge is 0.307 e. The van der Waals surface area contributed by atoms with Gasteiger partial charge in [0.05, 0.1) is 37.5 Å². The third-order valence-corrected chi connectivity index (χ3v) is 11.0. The molecule has 4 aromatic rings. The molecule has 0 radical (unpaired) electrons. The Hall–Kier alpha value is -3.93. The Morgan fingerprint density at radius 3 is 2.33 bits per heavy atom. The molecule has 12 heteroatoms. The number of ether oxygens (including phenoxy) is 3. The highest BCUT2D eigenvalue weighted by atomic mass is 35.5. The largest absolute Gasteiger partial charge is 0.481 e. The number of hydrogen-bond acceptors (Lipinski definition) is 9. The number of carboxylic acids is 1. The lowest BCUT2D eigenvalue weighted by Gasteiger charge is -2.47. The number of halogens is 2. The number of likely N-dealkylation sites (tertiary alicyclic amines) is 2. The molecule has 0 amide bonds. The SMILES string of the molecule is COc1nc(-c2cccc(-c3cccc4c3CC[C@@H]4Oc3nc(OC)c(CN4CC[C@H](C(=O)O)C4)cc3Cl)c2Cl)ccc1CN1CC(C)(CO)C1. The van der Waals surface area contributed by atoms with E-state index in [0.717, 1.165) is 70.6 Å². The van der Waals surface area contributed by atoms with Crippen LogP contribution in [0.3, 0.4) is 0 Å². The van der Waals surface area contributed by atoms with Crippen LogP contribution in [0, 0.1) is 11.3 Å². The van der Waals surface area contributed by atoms with E-state index in [1.165, 1.54) is 0 Å². The van der Waals surface area contributed by atoms with Crippen LogP contribution < -0.4 is 14.2 Å². The fraction of sp³-hybridized carbons (Fsp3) is 0.410. The van der Waals surface area contributed by atoms with Crippen LogP contribution in [0.5, 0.6) is 17.6 Å². The van der Waals surface area contributed by atoms with Crippen molar-refractivity contribution in [3.63, 3.8) is 0 Å². The number of carboxylic acid groups (broad SMARTS) is 1. The van der Waals surface area contributed by atoms with Crippen molar-refractivity contribution in [2.24, 2.45) is 11.3 Å². The van der Waals surface area contributed by atoms with Gasteiger partial charge in [0.2, 0.25) is 17.6 Å². The Labute approximate surface area is 307 Å². The molecule has 3 aliphatic rings. The van der Waals surface area contributed by atoms with Crippen molar-refractivity contribution < 1.29 is 29.2 Å². The van der Waals surface area contributed by atoms with E-state index in [-0.39, 0.29) is 24.0 Å². The van der Waals surface area contributed by atoms with Gasteiger partial charge in [0, 0.05) is 60.4 Å². The van der Waals surface area contributed by atoms with Gasteiger partial charge in [-0.1, -0.05) is 72.6 Å². The predicted octanol–water partition coefficient (Wildman–Crippen LogP) is 6.92. The molecule has 2 aliphatic heterocycles. The molecule has 7 rings (SSSR count). The average molecular weight is 734 g/mol. The van der Waals surface area contributed by atoms with Crippen molar-refractivity contribution in [1.82, 2.24) is 19.8 Å². The summed E-state index contributed by atoms with van der Waals surface area (Å²) in [6.45, 7) is 6.28. The first kappa shape index (κ1) is 35.5. The van der Waals surface area contributed by atoms with Gasteiger partial charge in [-0.2, -0.15) is 4.98 Å². The zero-order chi connectivity index (χ0) is 35.9. The molecule has 2 aromatic heterocycles. The van der Waals surface area contributed by atoms with E-state index in [2.05, 4.69) is 33.8 Å². The van der Waals surface area contributed by atoms with Crippen LogP contribution in [0.1, 0.15) is 48.1 Å². The maximum Gasteiger partial charge on any atom is 0.307 e. The zero-order valence-electron chi connectivity index (χ0n) is 29.0. The summed E-state index contributed by atoms with van der Waals surface area (Å²) in [6, 6.07) is 18.0. The van der Waals surface area contributed by atoms with Gasteiger partial charge in [0.15, 0.2) is 0 Å². The lowest BCUT2D eigenvalue weighted by molar-refractivity contribution is -0.141. The Kier molecular flexibility index (Phi) is 10.2. The molecule has 0 bridgehead atoms. The van der Waals surface area contributed by atoms with Crippen LogP contribution in [0.25, 0.3) is 22.4 Å². The Bertz CT molecular complexity index is 1950. The molecule has 51 heavy (non-hydrogen) atoms. The molecule has 2 atom stereocenters. The number of aliphatic carboxylic acids is 1. The second kappa shape index (κ2) is 14.6. The van der Waals surface area contributed by atoms with Crippen LogP contribution in [0.15, 0.2) is 54.6 Å². The van der Waals surface area contributed by atoms with Gasteiger partial charge in [-0.25, -0.2) is 4.98 Å². The maximum atomic E-state index is 11.4. The third kappa shape index (κ3) is 7.12. The van der Waals surface area contributed by atoms with Crippen molar-refractivity contribution in [2.45, 2.75) is 45.4 Å². The number of benzene rings is 2. The Morgan fingerprint density at radius 2 is 1.61 bits per heavy atom. The molecule has 0 spiro atoms. The minimum absolute atomic E-state index is 0.0494. The summed E-state index contributed by atoms with van der Waals surface area (Å²) >= 11 is 13.9. The number of nitrogens with zero attached hydrogens (tertiary/aromatic N) is 4. The Morgan fingerprint density at radius 1 is 0.902 bits per heavy atom. The van der Waals surface area contributed by atoms with Gasteiger partial charge in [-0.3, -0.25) is 14.6 Å². The monoisotopic (exact) mass is 732 g/mol. The topological polar surface area (TPSA) is 117 Å². The molecule has 1 aliphatic carbocycles. The first-order chi connectivity index (χ1) is 24.6. The normalized spacial score (nSPS) is 19.8. The molecule has 268 valence electrons. The molecule has 0 saturated carbocycles. The van der Waals surface area contributed by atoms with Crippen molar-refractivity contribution in [3.8, 4) is 40.0 Å². The van der Waals surface area contributed by atoms with E-state index >= 15 is 0 Å². The highest BCUT2D eigenvalue weighted by Gasteiger charge is 2.38. The summed E-state index contributed by atoms with van der Waals surface area (Å²) in [5.41, 5.74) is 7.43. The fourth-order valence-electron chi connectivity index (χ4n) is 7.75. The molecule has 4 heterocycles. The quantitative estimate of drug-likeness (QED) is 0.159. The fourth-order valence-corrected chi connectivity index (χ4v) is 8.29.